The zero-order valence-corrected chi connectivity index (χ0v) is 25.4. The van der Waals surface area contributed by atoms with E-state index in [0.717, 1.165) is 16.7 Å². The third-order valence-corrected chi connectivity index (χ3v) is 7.67. The number of allylic oxidation sites excluding steroid dienone is 2. The maximum absolute atomic E-state index is 13.9. The highest BCUT2D eigenvalue weighted by atomic mass is 35.5. The number of ether oxygens (including phenoxy) is 1. The first-order valence-electron chi connectivity index (χ1n) is 14.3. The molecule has 2 atom stereocenters. The number of ketones is 1. The number of phenolic OH excluding ortho intramolecular Hbond substituents is 1. The number of phenols is 1. The maximum Gasteiger partial charge on any atom is 0.251 e. The molecule has 1 aliphatic heterocycles. The molecule has 0 saturated carbocycles. The number of aromatic hydroxyl groups is 1. The van der Waals surface area contributed by atoms with Crippen molar-refractivity contribution in [1.82, 2.24) is 15.3 Å². The van der Waals surface area contributed by atoms with Crippen LogP contribution in [0.4, 0.5) is 17.5 Å². The Morgan fingerprint density at radius 3 is 2.56 bits per heavy atom. The fourth-order valence-corrected chi connectivity index (χ4v) is 5.38. The number of Topliss-reactive ketones (excluding diaryl/α,β-unsaturated/α-hetero) is 1. The normalized spacial score (nSPS) is 16.2. The first-order valence-corrected chi connectivity index (χ1v) is 14.3. The summed E-state index contributed by atoms with van der Waals surface area (Å²) in [5.41, 5.74) is 10.0. The van der Waals surface area contributed by atoms with Crippen molar-refractivity contribution >= 4 is 47.1 Å². The van der Waals surface area contributed by atoms with Gasteiger partial charge in [-0.15, -0.1) is 12.4 Å². The van der Waals surface area contributed by atoms with Crippen molar-refractivity contribution in [3.63, 3.8) is 0 Å². The van der Waals surface area contributed by atoms with E-state index in [4.69, 9.17) is 15.5 Å². The number of halogens is 1. The molecule has 45 heavy (non-hydrogen) atoms. The minimum Gasteiger partial charge on any atom is -0.508 e. The average Bonchev–Trinajstić information content (AvgIpc) is 3.06. The highest BCUT2D eigenvalue weighted by Gasteiger charge is 2.34. The SMILES string of the molecule is COc1ccc(C2=CC=CC(N3CNCc4cnc(N(C(=O)[C@@H](N)Cc5ccc(O)cc5)c5ccccc5)nc43)C2=O)cc1.Cl. The van der Waals surface area contributed by atoms with Gasteiger partial charge in [0, 0.05) is 23.9 Å². The van der Waals surface area contributed by atoms with E-state index in [2.05, 4.69) is 10.3 Å². The summed E-state index contributed by atoms with van der Waals surface area (Å²) < 4.78 is 5.27. The van der Waals surface area contributed by atoms with E-state index in [9.17, 15) is 14.7 Å². The molecule has 6 rings (SSSR count). The lowest BCUT2D eigenvalue weighted by Crippen LogP contribution is -2.50. The summed E-state index contributed by atoms with van der Waals surface area (Å²) in [5, 5.41) is 13.0. The first kappa shape index (κ1) is 31.4. The minimum absolute atomic E-state index is 0. The van der Waals surface area contributed by atoms with Crippen LogP contribution in [-0.2, 0) is 22.6 Å². The number of hydrogen-bond donors (Lipinski definition) is 3. The van der Waals surface area contributed by atoms with Gasteiger partial charge in [0.1, 0.15) is 23.4 Å². The van der Waals surface area contributed by atoms with Gasteiger partial charge in [-0.3, -0.25) is 14.9 Å². The number of fused-ring (bicyclic) bond motifs is 1. The summed E-state index contributed by atoms with van der Waals surface area (Å²) >= 11 is 0. The summed E-state index contributed by atoms with van der Waals surface area (Å²) in [6.07, 6.45) is 7.48. The summed E-state index contributed by atoms with van der Waals surface area (Å²) in [4.78, 5) is 40.6. The van der Waals surface area contributed by atoms with Crippen molar-refractivity contribution in [1.29, 1.82) is 0 Å². The number of nitrogens with zero attached hydrogens (tertiary/aromatic N) is 4. The smallest absolute Gasteiger partial charge is 0.251 e. The molecule has 2 heterocycles. The monoisotopic (exact) mass is 624 g/mol. The molecule has 0 saturated heterocycles. The van der Waals surface area contributed by atoms with Gasteiger partial charge in [0.15, 0.2) is 5.78 Å². The van der Waals surface area contributed by atoms with Gasteiger partial charge in [0.05, 0.1) is 25.5 Å². The average molecular weight is 625 g/mol. The molecule has 4 N–H and O–H groups in total. The highest BCUT2D eigenvalue weighted by Crippen LogP contribution is 2.32. The summed E-state index contributed by atoms with van der Waals surface area (Å²) in [5.74, 6) is 1.12. The quantitative estimate of drug-likeness (QED) is 0.262. The lowest BCUT2D eigenvalue weighted by molar-refractivity contribution is -0.119. The van der Waals surface area contributed by atoms with E-state index < -0.39 is 12.1 Å². The third kappa shape index (κ3) is 6.58. The number of aromatic nitrogens is 2. The van der Waals surface area contributed by atoms with Crippen molar-refractivity contribution in [2.24, 2.45) is 5.73 Å². The second kappa shape index (κ2) is 13.7. The van der Waals surface area contributed by atoms with Gasteiger partial charge in [-0.2, -0.15) is 4.98 Å². The number of anilines is 3. The summed E-state index contributed by atoms with van der Waals surface area (Å²) in [7, 11) is 1.60. The molecular weight excluding hydrogens is 592 g/mol. The van der Waals surface area contributed by atoms with Crippen LogP contribution in [0.5, 0.6) is 11.5 Å². The fourth-order valence-electron chi connectivity index (χ4n) is 5.38. The van der Waals surface area contributed by atoms with Crippen molar-refractivity contribution in [3.8, 4) is 11.5 Å². The van der Waals surface area contributed by atoms with Crippen LogP contribution in [0, 0.1) is 0 Å². The molecule has 1 amide bonds. The molecule has 4 aromatic rings. The van der Waals surface area contributed by atoms with Gasteiger partial charge in [-0.05, 0) is 53.9 Å². The number of rotatable bonds is 8. The molecule has 1 aromatic heterocycles. The molecular formula is C34H33ClN6O4. The Morgan fingerprint density at radius 2 is 1.84 bits per heavy atom. The summed E-state index contributed by atoms with van der Waals surface area (Å²) in [6.45, 7) is 0.886. The lowest BCUT2D eigenvalue weighted by Gasteiger charge is -2.36. The number of nitrogens with two attached hydrogens (primary N) is 1. The van der Waals surface area contributed by atoms with Gasteiger partial charge in [-0.1, -0.05) is 60.7 Å². The van der Waals surface area contributed by atoms with Crippen LogP contribution in [0.15, 0.2) is 103 Å². The van der Waals surface area contributed by atoms with Crippen LogP contribution in [0.1, 0.15) is 16.7 Å². The minimum atomic E-state index is -0.905. The van der Waals surface area contributed by atoms with Crippen LogP contribution in [-0.4, -0.2) is 52.6 Å². The van der Waals surface area contributed by atoms with Gasteiger partial charge < -0.3 is 20.5 Å². The molecule has 0 radical (unpaired) electrons. The lowest BCUT2D eigenvalue weighted by atomic mass is 9.92. The molecule has 2 aliphatic rings. The van der Waals surface area contributed by atoms with Gasteiger partial charge in [0.2, 0.25) is 5.95 Å². The molecule has 10 nitrogen and oxygen atoms in total. The van der Waals surface area contributed by atoms with Crippen LogP contribution >= 0.6 is 12.4 Å². The van der Waals surface area contributed by atoms with Crippen molar-refractivity contribution in [2.45, 2.75) is 25.0 Å². The zero-order valence-electron chi connectivity index (χ0n) is 24.5. The van der Waals surface area contributed by atoms with E-state index in [0.29, 0.717) is 36.0 Å². The summed E-state index contributed by atoms with van der Waals surface area (Å²) in [6, 6.07) is 21.6. The Labute approximate surface area is 267 Å². The predicted octanol–water partition coefficient (Wildman–Crippen LogP) is 4.31. The van der Waals surface area contributed by atoms with Crippen molar-refractivity contribution in [2.75, 3.05) is 23.6 Å². The molecule has 11 heteroatoms. The Kier molecular flexibility index (Phi) is 9.58. The Bertz CT molecular complexity index is 1730. The van der Waals surface area contributed by atoms with E-state index in [1.165, 1.54) is 4.90 Å². The zero-order chi connectivity index (χ0) is 30.6. The topological polar surface area (TPSA) is 134 Å². The number of carbonyl (C=O) groups excluding carboxylic acids is 2. The molecule has 1 unspecified atom stereocenters. The van der Waals surface area contributed by atoms with E-state index in [1.54, 1.807) is 49.7 Å². The number of carbonyl (C=O) groups is 2. The molecule has 0 spiro atoms. The second-order valence-corrected chi connectivity index (χ2v) is 10.6. The van der Waals surface area contributed by atoms with Gasteiger partial charge >= 0.3 is 0 Å². The number of hydrogen-bond acceptors (Lipinski definition) is 9. The number of amides is 1. The second-order valence-electron chi connectivity index (χ2n) is 10.6. The van der Waals surface area contributed by atoms with Gasteiger partial charge in [-0.25, -0.2) is 9.88 Å². The molecule has 230 valence electrons. The largest absolute Gasteiger partial charge is 0.508 e. The Balaban J connectivity index is 0.00000400. The molecule has 1 aliphatic carbocycles. The maximum atomic E-state index is 13.9. The van der Waals surface area contributed by atoms with Crippen LogP contribution < -0.4 is 25.6 Å². The fraction of sp³-hybridized carbons (Fsp3) is 0.176. The first-order chi connectivity index (χ1) is 21.4. The van der Waals surface area contributed by atoms with Crippen LogP contribution in [0.25, 0.3) is 5.57 Å². The number of para-hydroxylation sites is 1. The van der Waals surface area contributed by atoms with Crippen LogP contribution in [0.2, 0.25) is 0 Å². The molecule has 3 aromatic carbocycles. The molecule has 0 bridgehead atoms. The van der Waals surface area contributed by atoms with Gasteiger partial charge in [0.25, 0.3) is 5.91 Å². The number of benzene rings is 3. The molecule has 0 fully saturated rings. The predicted molar refractivity (Wildman–Crippen MR) is 176 cm³/mol. The third-order valence-electron chi connectivity index (χ3n) is 7.67. The van der Waals surface area contributed by atoms with Crippen molar-refractivity contribution in [3.05, 3.63) is 120 Å². The Hall–Kier alpha value is -5.03. The Morgan fingerprint density at radius 1 is 1.11 bits per heavy atom. The van der Waals surface area contributed by atoms with E-state index in [-0.39, 0.29) is 42.2 Å². The number of nitrogens with one attached hydrogen (secondary N) is 1. The number of methoxy groups -OCH3 is 1. The van der Waals surface area contributed by atoms with Crippen molar-refractivity contribution < 1.29 is 19.4 Å². The van der Waals surface area contributed by atoms with Crippen LogP contribution in [0.3, 0.4) is 0 Å². The van der Waals surface area contributed by atoms with E-state index in [1.807, 2.05) is 65.6 Å². The standard InChI is InChI=1S/C34H32N6O4.ClH/c1-44-27-16-12-23(13-17-27)28-8-5-9-30(31(28)42)39-21-36-19-24-20-37-34(38-32(24)39)40(25-6-3-2-4-7-25)33(43)29(35)18-22-10-14-26(41)15-11-22;/h2-17,20,29-30,36,41H,18-19,21,35H2,1H3;1H/t29-,30?;/m0./s1. The highest BCUT2D eigenvalue weighted by molar-refractivity contribution is 6.26. The van der Waals surface area contributed by atoms with E-state index >= 15 is 0 Å².